The molecule has 1 unspecified atom stereocenters. The van der Waals surface area contributed by atoms with Crippen LogP contribution in [0.2, 0.25) is 0 Å². The van der Waals surface area contributed by atoms with Crippen molar-refractivity contribution in [2.75, 3.05) is 24.9 Å². The Morgan fingerprint density at radius 2 is 1.40 bits per heavy atom. The predicted octanol–water partition coefficient (Wildman–Crippen LogP) is 7.81. The molecule has 0 aromatic heterocycles. The molecule has 10 heteroatoms. The molecule has 0 saturated carbocycles. The molecule has 3 N–H and O–H groups in total. The van der Waals surface area contributed by atoms with E-state index in [1.54, 1.807) is 74.7 Å². The lowest BCUT2D eigenvalue weighted by atomic mass is 10.1. The molecule has 0 aliphatic heterocycles. The fraction of sp³-hybridized carbons (Fsp3) is 0.125. The summed E-state index contributed by atoms with van der Waals surface area (Å²) in [6.07, 6.45) is 1.61. The van der Waals surface area contributed by atoms with E-state index in [0.29, 0.717) is 46.4 Å². The lowest BCUT2D eigenvalue weighted by Gasteiger charge is -2.15. The van der Waals surface area contributed by atoms with Crippen molar-refractivity contribution < 1.29 is 28.6 Å². The number of carbonyl (C=O) groups is 3. The summed E-state index contributed by atoms with van der Waals surface area (Å²) in [5, 5.41) is 8.10. The first kappa shape index (κ1) is 35.3. The Bertz CT molecular complexity index is 1930. The minimum absolute atomic E-state index is 0.0644. The van der Waals surface area contributed by atoms with Crippen molar-refractivity contribution in [3.63, 3.8) is 0 Å². The van der Waals surface area contributed by atoms with Crippen LogP contribution in [0.25, 0.3) is 6.08 Å². The van der Waals surface area contributed by atoms with E-state index in [4.69, 9.17) is 14.2 Å². The summed E-state index contributed by atoms with van der Waals surface area (Å²) in [5.41, 5.74) is 3.29. The zero-order valence-corrected chi connectivity index (χ0v) is 28.7. The summed E-state index contributed by atoms with van der Waals surface area (Å²) in [5.74, 6) is 0.676. The van der Waals surface area contributed by atoms with Crippen molar-refractivity contribution in [1.82, 2.24) is 5.32 Å². The molecule has 5 aromatic carbocycles. The Kier molecular flexibility index (Phi) is 12.3. The summed E-state index contributed by atoms with van der Waals surface area (Å²) in [6, 6.07) is 38.1. The van der Waals surface area contributed by atoms with E-state index in [0.717, 1.165) is 10.5 Å². The maximum atomic E-state index is 13.5. The molecule has 0 bridgehead atoms. The van der Waals surface area contributed by atoms with E-state index in [9.17, 15) is 14.4 Å². The fourth-order valence-electron chi connectivity index (χ4n) is 4.72. The summed E-state index contributed by atoms with van der Waals surface area (Å²) < 4.78 is 16.5. The second-order valence-electron chi connectivity index (χ2n) is 11.0. The molecular formula is C40H37N3O6S. The number of methoxy groups -OCH3 is 2. The van der Waals surface area contributed by atoms with Gasteiger partial charge in [0.15, 0.2) is 0 Å². The number of hydrogen-bond acceptors (Lipinski definition) is 7. The van der Waals surface area contributed by atoms with Gasteiger partial charge in [-0.2, -0.15) is 0 Å². The molecule has 0 spiro atoms. The van der Waals surface area contributed by atoms with Gasteiger partial charge in [-0.3, -0.25) is 14.4 Å². The monoisotopic (exact) mass is 687 g/mol. The number of amides is 3. The first-order chi connectivity index (χ1) is 24.3. The highest BCUT2D eigenvalue weighted by atomic mass is 32.2. The van der Waals surface area contributed by atoms with Gasteiger partial charge < -0.3 is 30.2 Å². The third kappa shape index (κ3) is 10.0. The first-order valence-electron chi connectivity index (χ1n) is 15.8. The third-order valence-corrected chi connectivity index (χ3v) is 8.54. The molecule has 5 aromatic rings. The molecule has 3 amide bonds. The van der Waals surface area contributed by atoms with Gasteiger partial charge in [0.05, 0.1) is 25.2 Å². The Labute approximate surface area is 295 Å². The van der Waals surface area contributed by atoms with Crippen molar-refractivity contribution in [3.8, 4) is 17.2 Å². The minimum Gasteiger partial charge on any atom is -0.497 e. The Hall–Kier alpha value is -6.00. The quantitative estimate of drug-likeness (QED) is 0.0806. The topological polar surface area (TPSA) is 115 Å². The van der Waals surface area contributed by atoms with Crippen molar-refractivity contribution >= 4 is 46.9 Å². The summed E-state index contributed by atoms with van der Waals surface area (Å²) in [6.45, 7) is 2.24. The third-order valence-electron chi connectivity index (χ3n) is 7.43. The van der Waals surface area contributed by atoms with Crippen LogP contribution in [0.15, 0.2) is 138 Å². The van der Waals surface area contributed by atoms with E-state index in [2.05, 4.69) is 16.0 Å². The van der Waals surface area contributed by atoms with E-state index in [1.807, 2.05) is 72.8 Å². The number of rotatable bonds is 14. The van der Waals surface area contributed by atoms with Crippen LogP contribution in [0.1, 0.15) is 28.4 Å². The minimum atomic E-state index is -0.500. The number of hydrogen-bond donors (Lipinski definition) is 3. The number of nitrogens with one attached hydrogen (secondary N) is 3. The second-order valence-corrected chi connectivity index (χ2v) is 12.4. The average molecular weight is 688 g/mol. The normalized spacial score (nSPS) is 11.5. The lowest BCUT2D eigenvalue weighted by molar-refractivity contribution is -0.115. The van der Waals surface area contributed by atoms with Gasteiger partial charge in [0.1, 0.15) is 29.6 Å². The average Bonchev–Trinajstić information content (AvgIpc) is 3.15. The van der Waals surface area contributed by atoms with Crippen LogP contribution in [0.4, 0.5) is 11.4 Å². The number of benzene rings is 5. The summed E-state index contributed by atoms with van der Waals surface area (Å²) in [7, 11) is 3.09. The van der Waals surface area contributed by atoms with Crippen molar-refractivity contribution in [1.29, 1.82) is 0 Å². The number of thioether (sulfide) groups is 1. The SMILES string of the molecule is COc1ccc(NC(=O)C(C)Sc2ccc(NC(=O)/C(=C/c3ccc(OCc4ccccc4)cc3)NC(=O)c3ccccc3)cc2)c(OC)c1. The molecular weight excluding hydrogens is 651 g/mol. The van der Waals surface area contributed by atoms with Gasteiger partial charge in [0, 0.05) is 22.2 Å². The van der Waals surface area contributed by atoms with Gasteiger partial charge >= 0.3 is 0 Å². The zero-order valence-electron chi connectivity index (χ0n) is 27.8. The van der Waals surface area contributed by atoms with Crippen molar-refractivity contribution in [2.45, 2.75) is 23.7 Å². The summed E-state index contributed by atoms with van der Waals surface area (Å²) in [4.78, 5) is 40.4. The molecule has 5 rings (SSSR count). The number of anilines is 2. The smallest absolute Gasteiger partial charge is 0.272 e. The second kappa shape index (κ2) is 17.4. The van der Waals surface area contributed by atoms with E-state index in [-0.39, 0.29) is 11.6 Å². The highest BCUT2D eigenvalue weighted by molar-refractivity contribution is 8.00. The Morgan fingerprint density at radius 3 is 2.06 bits per heavy atom. The van der Waals surface area contributed by atoms with Crippen LogP contribution in [0, 0.1) is 0 Å². The lowest BCUT2D eigenvalue weighted by Crippen LogP contribution is -2.30. The molecule has 0 aliphatic rings. The molecule has 0 heterocycles. The highest BCUT2D eigenvalue weighted by Crippen LogP contribution is 2.31. The van der Waals surface area contributed by atoms with Crippen LogP contribution >= 0.6 is 11.8 Å². The molecule has 9 nitrogen and oxygen atoms in total. The molecule has 50 heavy (non-hydrogen) atoms. The number of carbonyl (C=O) groups excluding carboxylic acids is 3. The van der Waals surface area contributed by atoms with Crippen molar-refractivity contribution in [3.05, 3.63) is 150 Å². The van der Waals surface area contributed by atoms with Gasteiger partial charge in [0.2, 0.25) is 5.91 Å². The van der Waals surface area contributed by atoms with Gasteiger partial charge in [-0.05, 0) is 84.8 Å². The maximum Gasteiger partial charge on any atom is 0.272 e. The van der Waals surface area contributed by atoms with Gasteiger partial charge in [-0.1, -0.05) is 60.7 Å². The van der Waals surface area contributed by atoms with E-state index >= 15 is 0 Å². The molecule has 0 fully saturated rings. The van der Waals surface area contributed by atoms with Crippen molar-refractivity contribution in [2.24, 2.45) is 0 Å². The number of ether oxygens (including phenoxy) is 3. The van der Waals surface area contributed by atoms with Crippen LogP contribution in [0.3, 0.4) is 0 Å². The Balaban J connectivity index is 1.24. The standard InChI is InChI=1S/C40H37N3O6S/c1-27(38(44)42-35-23-20-33(47-2)25-37(35)48-3)50-34-21-16-31(17-22-34)41-40(46)36(43-39(45)30-12-8-5-9-13-30)24-28-14-18-32(19-15-28)49-26-29-10-6-4-7-11-29/h4-25,27H,26H2,1-3H3,(H,41,46)(H,42,44)(H,43,45)/b36-24-. The molecule has 0 saturated heterocycles. The van der Waals surface area contributed by atoms with Gasteiger partial charge in [-0.15, -0.1) is 11.8 Å². The molecule has 0 aliphatic carbocycles. The van der Waals surface area contributed by atoms with Crippen LogP contribution in [0.5, 0.6) is 17.2 Å². The predicted molar refractivity (Wildman–Crippen MR) is 198 cm³/mol. The Morgan fingerprint density at radius 1 is 0.740 bits per heavy atom. The van der Waals surface area contributed by atoms with E-state index in [1.165, 1.54) is 18.9 Å². The van der Waals surface area contributed by atoms with Crippen LogP contribution in [-0.2, 0) is 16.2 Å². The molecule has 0 radical (unpaired) electrons. The summed E-state index contributed by atoms with van der Waals surface area (Å²) >= 11 is 1.37. The maximum absolute atomic E-state index is 13.5. The molecule has 1 atom stereocenters. The fourth-order valence-corrected chi connectivity index (χ4v) is 5.59. The van der Waals surface area contributed by atoms with Crippen LogP contribution < -0.4 is 30.2 Å². The largest absolute Gasteiger partial charge is 0.497 e. The van der Waals surface area contributed by atoms with Gasteiger partial charge in [0.25, 0.3) is 11.8 Å². The molecule has 254 valence electrons. The van der Waals surface area contributed by atoms with E-state index < -0.39 is 17.1 Å². The highest BCUT2D eigenvalue weighted by Gasteiger charge is 2.18. The first-order valence-corrected chi connectivity index (χ1v) is 16.6. The van der Waals surface area contributed by atoms with Gasteiger partial charge in [-0.25, -0.2) is 0 Å². The zero-order chi connectivity index (χ0) is 35.3. The van der Waals surface area contributed by atoms with Crippen LogP contribution in [-0.4, -0.2) is 37.2 Å².